The van der Waals surface area contributed by atoms with Gasteiger partial charge in [-0.2, -0.15) is 0 Å². The fourth-order valence-electron chi connectivity index (χ4n) is 3.26. The van der Waals surface area contributed by atoms with Crippen molar-refractivity contribution in [3.8, 4) is 0 Å². The highest BCUT2D eigenvalue weighted by molar-refractivity contribution is 5.92. The highest BCUT2D eigenvalue weighted by Gasteiger charge is 2.50. The van der Waals surface area contributed by atoms with E-state index in [0.29, 0.717) is 0 Å². The lowest BCUT2D eigenvalue weighted by Crippen LogP contribution is -2.33. The van der Waals surface area contributed by atoms with Crippen LogP contribution in [0.2, 0.25) is 0 Å². The van der Waals surface area contributed by atoms with Crippen LogP contribution in [-0.2, 0) is 9.53 Å². The lowest BCUT2D eigenvalue weighted by atomic mass is 9.80. The van der Waals surface area contributed by atoms with Crippen LogP contribution in [0.4, 0.5) is 0 Å². The molecule has 0 aromatic carbocycles. The van der Waals surface area contributed by atoms with E-state index < -0.39 is 11.5 Å². The fraction of sp³-hybridized carbons (Fsp3) is 0.769. The van der Waals surface area contributed by atoms with Gasteiger partial charge in [-0.15, -0.1) is 0 Å². The molecule has 1 N–H and O–H groups in total. The lowest BCUT2D eigenvalue weighted by Gasteiger charge is -2.29. The van der Waals surface area contributed by atoms with Gasteiger partial charge < -0.3 is 9.84 Å². The first-order chi connectivity index (χ1) is 7.50. The van der Waals surface area contributed by atoms with Gasteiger partial charge in [-0.1, -0.05) is 25.8 Å². The molecule has 0 radical (unpaired) electrons. The topological polar surface area (TPSA) is 46.5 Å². The molecule has 1 fully saturated rings. The Labute approximate surface area is 96.5 Å². The van der Waals surface area contributed by atoms with Crippen molar-refractivity contribution in [1.82, 2.24) is 0 Å². The quantitative estimate of drug-likeness (QED) is 0.693. The summed E-state index contributed by atoms with van der Waals surface area (Å²) in [6.45, 7) is 3.88. The molecule has 3 nitrogen and oxygen atoms in total. The molecule has 90 valence electrons. The Morgan fingerprint density at radius 1 is 1.44 bits per heavy atom. The molecule has 0 aromatic heterocycles. The van der Waals surface area contributed by atoms with Gasteiger partial charge in [0.05, 0.1) is 13.2 Å². The number of rotatable bonds is 1. The summed E-state index contributed by atoms with van der Waals surface area (Å²) in [6, 6.07) is 0. The molecule has 16 heavy (non-hydrogen) atoms. The Bertz CT molecular complexity index is 341. The van der Waals surface area contributed by atoms with Crippen LogP contribution in [0.15, 0.2) is 11.1 Å². The highest BCUT2D eigenvalue weighted by Crippen LogP contribution is 2.51. The average Bonchev–Trinajstić information content (AvgIpc) is 2.47. The summed E-state index contributed by atoms with van der Waals surface area (Å²) < 4.78 is 4.86. The summed E-state index contributed by atoms with van der Waals surface area (Å²) >= 11 is 0. The molecule has 0 heterocycles. The number of carbonyl (C=O) groups excluding carboxylic acids is 1. The maximum Gasteiger partial charge on any atom is 0.334 e. The zero-order valence-corrected chi connectivity index (χ0v) is 10.2. The molecule has 2 rings (SSSR count). The Balaban J connectivity index is 2.45. The van der Waals surface area contributed by atoms with Gasteiger partial charge in [0.25, 0.3) is 0 Å². The van der Waals surface area contributed by atoms with E-state index in [0.717, 1.165) is 36.8 Å². The van der Waals surface area contributed by atoms with E-state index in [4.69, 9.17) is 4.74 Å². The maximum atomic E-state index is 11.8. The van der Waals surface area contributed by atoms with Gasteiger partial charge in [0, 0.05) is 16.9 Å². The van der Waals surface area contributed by atoms with Crippen molar-refractivity contribution < 1.29 is 14.6 Å². The molecule has 0 saturated heterocycles. The van der Waals surface area contributed by atoms with Gasteiger partial charge in [0.2, 0.25) is 0 Å². The third-order valence-electron chi connectivity index (χ3n) is 4.13. The maximum absolute atomic E-state index is 11.8. The summed E-state index contributed by atoms with van der Waals surface area (Å²) in [5, 5.41) is 10.3. The van der Waals surface area contributed by atoms with Crippen LogP contribution in [0.25, 0.3) is 0 Å². The molecule has 3 heteroatoms. The fourth-order valence-corrected chi connectivity index (χ4v) is 3.26. The Kier molecular flexibility index (Phi) is 2.82. The molecule has 0 bridgehead atoms. The summed E-state index contributed by atoms with van der Waals surface area (Å²) in [7, 11) is 1.41. The van der Waals surface area contributed by atoms with E-state index in [2.05, 4.69) is 0 Å². The minimum absolute atomic E-state index is 0.179. The number of fused-ring (bicyclic) bond motifs is 1. The SMILES string of the molecule is COC(=O)C1=C2CCCC[C@@H]2[C@@H](O)C1(C)C. The van der Waals surface area contributed by atoms with E-state index in [1.54, 1.807) is 0 Å². The zero-order chi connectivity index (χ0) is 11.9. The number of aliphatic hydroxyl groups is 1. The molecule has 1 saturated carbocycles. The number of methoxy groups -OCH3 is 1. The molecule has 2 aliphatic rings. The minimum Gasteiger partial charge on any atom is -0.466 e. The highest BCUT2D eigenvalue weighted by atomic mass is 16.5. The Morgan fingerprint density at radius 3 is 2.75 bits per heavy atom. The van der Waals surface area contributed by atoms with E-state index >= 15 is 0 Å². The van der Waals surface area contributed by atoms with Gasteiger partial charge in [0.15, 0.2) is 0 Å². The predicted molar refractivity (Wildman–Crippen MR) is 60.8 cm³/mol. The predicted octanol–water partition coefficient (Wildman–Crippen LogP) is 2.05. The summed E-state index contributed by atoms with van der Waals surface area (Å²) in [6.07, 6.45) is 3.78. The van der Waals surface area contributed by atoms with Crippen LogP contribution < -0.4 is 0 Å². The normalized spacial score (nSPS) is 32.5. The largest absolute Gasteiger partial charge is 0.466 e. The van der Waals surface area contributed by atoms with Crippen molar-refractivity contribution in [2.75, 3.05) is 7.11 Å². The number of hydrogen-bond acceptors (Lipinski definition) is 3. The van der Waals surface area contributed by atoms with E-state index in [1.807, 2.05) is 13.8 Å². The molecule has 2 atom stereocenters. The first kappa shape index (κ1) is 11.6. The molecule has 0 spiro atoms. The van der Waals surface area contributed by atoms with Gasteiger partial charge in [-0.05, 0) is 19.3 Å². The first-order valence-electron chi connectivity index (χ1n) is 6.00. The second kappa shape index (κ2) is 3.88. The first-order valence-corrected chi connectivity index (χ1v) is 6.00. The molecule has 0 amide bonds. The van der Waals surface area contributed by atoms with Gasteiger partial charge in [-0.25, -0.2) is 4.79 Å². The van der Waals surface area contributed by atoms with Crippen LogP contribution in [0.1, 0.15) is 39.5 Å². The molecule has 0 aromatic rings. The Morgan fingerprint density at radius 2 is 2.12 bits per heavy atom. The van der Waals surface area contributed by atoms with Gasteiger partial charge in [0.1, 0.15) is 0 Å². The van der Waals surface area contributed by atoms with Crippen molar-refractivity contribution >= 4 is 5.97 Å². The van der Waals surface area contributed by atoms with E-state index in [-0.39, 0.29) is 11.9 Å². The number of aliphatic hydroxyl groups excluding tert-OH is 1. The second-order valence-corrected chi connectivity index (χ2v) is 5.41. The summed E-state index contributed by atoms with van der Waals surface area (Å²) in [5.74, 6) is -0.0821. The summed E-state index contributed by atoms with van der Waals surface area (Å²) in [5.41, 5.74) is 1.42. The number of hydrogen-bond donors (Lipinski definition) is 1. The van der Waals surface area contributed by atoms with Crippen LogP contribution in [-0.4, -0.2) is 24.3 Å². The van der Waals surface area contributed by atoms with E-state index in [1.165, 1.54) is 7.11 Å². The smallest absolute Gasteiger partial charge is 0.334 e. The Hall–Kier alpha value is -0.830. The average molecular weight is 224 g/mol. The molecular weight excluding hydrogens is 204 g/mol. The lowest BCUT2D eigenvalue weighted by molar-refractivity contribution is -0.137. The molecular formula is C13H20O3. The molecule has 2 aliphatic carbocycles. The molecule has 0 aliphatic heterocycles. The van der Waals surface area contributed by atoms with Gasteiger partial charge in [-0.3, -0.25) is 0 Å². The van der Waals surface area contributed by atoms with Gasteiger partial charge >= 0.3 is 5.97 Å². The van der Waals surface area contributed by atoms with Crippen molar-refractivity contribution in [3.63, 3.8) is 0 Å². The van der Waals surface area contributed by atoms with Crippen molar-refractivity contribution in [2.24, 2.45) is 11.3 Å². The third-order valence-corrected chi connectivity index (χ3v) is 4.13. The van der Waals surface area contributed by atoms with Crippen molar-refractivity contribution in [1.29, 1.82) is 0 Å². The van der Waals surface area contributed by atoms with Crippen LogP contribution in [0.3, 0.4) is 0 Å². The summed E-state index contributed by atoms with van der Waals surface area (Å²) in [4.78, 5) is 11.8. The van der Waals surface area contributed by atoms with Crippen LogP contribution in [0.5, 0.6) is 0 Å². The minimum atomic E-state index is -0.461. The zero-order valence-electron chi connectivity index (χ0n) is 10.2. The second-order valence-electron chi connectivity index (χ2n) is 5.41. The molecule has 0 unspecified atom stereocenters. The third kappa shape index (κ3) is 1.49. The number of ether oxygens (including phenoxy) is 1. The van der Waals surface area contributed by atoms with Crippen molar-refractivity contribution in [2.45, 2.75) is 45.6 Å². The van der Waals surface area contributed by atoms with Crippen LogP contribution >= 0.6 is 0 Å². The monoisotopic (exact) mass is 224 g/mol. The van der Waals surface area contributed by atoms with Crippen LogP contribution in [0, 0.1) is 11.3 Å². The number of esters is 1. The standard InChI is InChI=1S/C13H20O3/c1-13(2)10(12(15)16-3)8-6-4-5-7-9(8)11(13)14/h9,11,14H,4-7H2,1-3H3/t9-,11+/m0/s1. The number of carbonyl (C=O) groups is 1. The van der Waals surface area contributed by atoms with Crippen molar-refractivity contribution in [3.05, 3.63) is 11.1 Å². The van der Waals surface area contributed by atoms with E-state index in [9.17, 15) is 9.90 Å².